The van der Waals surface area contributed by atoms with E-state index < -0.39 is 21.7 Å². The number of benzene rings is 2. The van der Waals surface area contributed by atoms with E-state index in [2.05, 4.69) is 0 Å². The second-order valence-corrected chi connectivity index (χ2v) is 10.0. The average Bonchev–Trinajstić information content (AvgIpc) is 2.98. The van der Waals surface area contributed by atoms with Crippen LogP contribution < -0.4 is 13.8 Å². The van der Waals surface area contributed by atoms with Gasteiger partial charge >= 0.3 is 172 Å². The van der Waals surface area contributed by atoms with E-state index in [-0.39, 0.29) is 22.0 Å². The molecular formula is C20H19AsO6S. The number of hydrogen-bond acceptors (Lipinski definition) is 6. The Balaban J connectivity index is 1.98. The topological polar surface area (TPSA) is 93.1 Å². The molecule has 6 nitrogen and oxygen atoms in total. The van der Waals surface area contributed by atoms with Crippen LogP contribution in [-0.4, -0.2) is 49.7 Å². The van der Waals surface area contributed by atoms with Crippen molar-refractivity contribution in [1.82, 2.24) is 0 Å². The minimum atomic E-state index is -1.31. The van der Waals surface area contributed by atoms with Gasteiger partial charge in [-0.05, 0) is 0 Å². The Bertz CT molecular complexity index is 1060. The predicted molar refractivity (Wildman–Crippen MR) is 110 cm³/mol. The molecule has 8 heteroatoms. The number of carbonyl (C=O) groups excluding carboxylic acids is 1. The van der Waals surface area contributed by atoms with Gasteiger partial charge in [-0.15, -0.1) is 0 Å². The molecular weight excluding hydrogens is 443 g/mol. The van der Waals surface area contributed by atoms with E-state index in [4.69, 9.17) is 14.6 Å². The molecule has 3 aromatic rings. The first-order valence-electron chi connectivity index (χ1n) is 8.45. The molecule has 1 aromatic heterocycles. The third-order valence-corrected chi connectivity index (χ3v) is 7.69. The number of carbonyl (C=O) groups is 2. The summed E-state index contributed by atoms with van der Waals surface area (Å²) in [6, 6.07) is 9.86. The van der Waals surface area contributed by atoms with Gasteiger partial charge in [0.2, 0.25) is 0 Å². The third kappa shape index (κ3) is 4.16. The van der Waals surface area contributed by atoms with Crippen LogP contribution in [0, 0.1) is 0 Å². The SMILES string of the molecule is COc1ccc2sc(C(=O)[AsH]c3ccc(C(=O)O)c(O)c3)c(OC(C)C)c2c1. The zero-order chi connectivity index (χ0) is 20.4. The van der Waals surface area contributed by atoms with Gasteiger partial charge in [0, 0.05) is 0 Å². The molecule has 28 heavy (non-hydrogen) atoms. The summed E-state index contributed by atoms with van der Waals surface area (Å²) < 4.78 is 12.8. The average molecular weight is 462 g/mol. The van der Waals surface area contributed by atoms with Crippen molar-refractivity contribution in [2.45, 2.75) is 20.0 Å². The Labute approximate surface area is 172 Å². The van der Waals surface area contributed by atoms with Crippen molar-refractivity contribution in [2.24, 2.45) is 0 Å². The van der Waals surface area contributed by atoms with Crippen LogP contribution in [0.25, 0.3) is 10.1 Å². The van der Waals surface area contributed by atoms with E-state index in [1.54, 1.807) is 13.2 Å². The van der Waals surface area contributed by atoms with Crippen molar-refractivity contribution in [1.29, 1.82) is 0 Å². The molecule has 146 valence electrons. The van der Waals surface area contributed by atoms with Gasteiger partial charge in [-0.2, -0.15) is 0 Å². The van der Waals surface area contributed by atoms with Gasteiger partial charge < -0.3 is 0 Å². The standard InChI is InChI=1S/C20H19AsO6S/c1-10(2)27-17-14-9-12(26-3)5-7-16(14)28-18(17)19(23)21-11-4-6-13(20(24)25)15(22)8-11/h4-10,21-22H,1-3H3,(H,24,25). The van der Waals surface area contributed by atoms with E-state index in [1.807, 2.05) is 32.0 Å². The van der Waals surface area contributed by atoms with Crippen LogP contribution in [0.15, 0.2) is 36.4 Å². The van der Waals surface area contributed by atoms with Gasteiger partial charge in [0.15, 0.2) is 0 Å². The zero-order valence-electron chi connectivity index (χ0n) is 15.5. The van der Waals surface area contributed by atoms with Gasteiger partial charge in [0.05, 0.1) is 0 Å². The first-order valence-corrected chi connectivity index (χ1v) is 11.4. The number of ether oxygens (including phenoxy) is 2. The summed E-state index contributed by atoms with van der Waals surface area (Å²) in [5.74, 6) is -0.306. The number of phenols is 1. The van der Waals surface area contributed by atoms with Crippen molar-refractivity contribution in [3.63, 3.8) is 0 Å². The number of methoxy groups -OCH3 is 1. The van der Waals surface area contributed by atoms with Gasteiger partial charge in [-0.1, -0.05) is 0 Å². The molecule has 0 spiro atoms. The van der Waals surface area contributed by atoms with E-state index in [0.717, 1.165) is 10.1 Å². The Kier molecular flexibility index (Phi) is 5.96. The molecule has 1 atom stereocenters. The number of rotatable bonds is 7. The fourth-order valence-corrected chi connectivity index (χ4v) is 6.02. The molecule has 0 amide bonds. The number of hydrogen-bond donors (Lipinski definition) is 2. The molecule has 0 aliphatic heterocycles. The van der Waals surface area contributed by atoms with E-state index in [0.29, 0.717) is 20.7 Å². The molecule has 3 rings (SSSR count). The molecule has 0 bridgehead atoms. The first-order chi connectivity index (χ1) is 13.3. The molecule has 0 aliphatic rings. The summed E-state index contributed by atoms with van der Waals surface area (Å²) in [6.45, 7) is 3.80. The van der Waals surface area contributed by atoms with E-state index in [1.165, 1.54) is 23.5 Å². The van der Waals surface area contributed by atoms with Crippen molar-refractivity contribution < 1.29 is 29.3 Å². The minimum absolute atomic E-state index is 0.0432. The molecule has 2 N–H and O–H groups in total. The van der Waals surface area contributed by atoms with Gasteiger partial charge in [0.25, 0.3) is 0 Å². The molecule has 0 saturated carbocycles. The second kappa shape index (κ2) is 8.25. The van der Waals surface area contributed by atoms with Crippen LogP contribution in [-0.2, 0) is 0 Å². The van der Waals surface area contributed by atoms with Crippen molar-refractivity contribution in [3.05, 3.63) is 46.8 Å². The number of carboxylic acid groups (broad SMARTS) is 1. The van der Waals surface area contributed by atoms with Crippen molar-refractivity contribution in [3.8, 4) is 17.2 Å². The summed E-state index contributed by atoms with van der Waals surface area (Å²) in [5, 5.41) is 19.7. The van der Waals surface area contributed by atoms with Gasteiger partial charge in [-0.25, -0.2) is 0 Å². The predicted octanol–water partition coefficient (Wildman–Crippen LogP) is 3.00. The number of aromatic carboxylic acids is 1. The van der Waals surface area contributed by atoms with Crippen LogP contribution in [0.3, 0.4) is 0 Å². The van der Waals surface area contributed by atoms with Crippen LogP contribution in [0.1, 0.15) is 33.9 Å². The summed E-state index contributed by atoms with van der Waals surface area (Å²) >= 11 is 0.0609. The monoisotopic (exact) mass is 462 g/mol. The van der Waals surface area contributed by atoms with Crippen LogP contribution >= 0.6 is 11.3 Å². The Hall–Kier alpha value is -2.50. The first kappa shape index (κ1) is 20.2. The maximum atomic E-state index is 13.0. The van der Waals surface area contributed by atoms with Crippen LogP contribution in [0.5, 0.6) is 17.2 Å². The molecule has 1 heterocycles. The van der Waals surface area contributed by atoms with Crippen LogP contribution in [0.4, 0.5) is 0 Å². The molecule has 0 saturated heterocycles. The zero-order valence-corrected chi connectivity index (χ0v) is 18.4. The van der Waals surface area contributed by atoms with Gasteiger partial charge in [-0.3, -0.25) is 0 Å². The summed E-state index contributed by atoms with van der Waals surface area (Å²) in [7, 11) is 1.59. The summed E-state index contributed by atoms with van der Waals surface area (Å²) in [4.78, 5) is 24.6. The number of fused-ring (bicyclic) bond motifs is 1. The Morgan fingerprint density at radius 1 is 1.14 bits per heavy atom. The Morgan fingerprint density at radius 2 is 1.89 bits per heavy atom. The van der Waals surface area contributed by atoms with Crippen LogP contribution in [0.2, 0.25) is 0 Å². The van der Waals surface area contributed by atoms with Crippen molar-refractivity contribution in [2.75, 3.05) is 7.11 Å². The third-order valence-electron chi connectivity index (χ3n) is 3.90. The fourth-order valence-electron chi connectivity index (χ4n) is 2.66. The summed E-state index contributed by atoms with van der Waals surface area (Å²) in [5.41, 5.74) is -0.180. The van der Waals surface area contributed by atoms with E-state index >= 15 is 0 Å². The molecule has 0 fully saturated rings. The fraction of sp³-hybridized carbons (Fsp3) is 0.200. The number of aromatic hydroxyl groups is 1. The second-order valence-electron chi connectivity index (χ2n) is 6.28. The molecule has 0 aliphatic carbocycles. The number of thiophene rings is 1. The van der Waals surface area contributed by atoms with Crippen molar-refractivity contribution >= 4 is 52.1 Å². The van der Waals surface area contributed by atoms with Gasteiger partial charge in [0.1, 0.15) is 0 Å². The normalized spacial score (nSPS) is 11.4. The molecule has 2 aromatic carbocycles. The molecule has 0 radical (unpaired) electrons. The van der Waals surface area contributed by atoms with E-state index in [9.17, 15) is 14.7 Å². The number of carboxylic acids is 1. The maximum absolute atomic E-state index is 13.0. The molecule has 1 unspecified atom stereocenters. The summed E-state index contributed by atoms with van der Waals surface area (Å²) in [6.07, 6.45) is -0.102. The Morgan fingerprint density at radius 3 is 2.50 bits per heavy atom. The quantitative estimate of drug-likeness (QED) is 0.525.